The van der Waals surface area contributed by atoms with Crippen LogP contribution in [0.3, 0.4) is 0 Å². The summed E-state index contributed by atoms with van der Waals surface area (Å²) in [6.45, 7) is 1.54. The predicted molar refractivity (Wildman–Crippen MR) is 62.1 cm³/mol. The van der Waals surface area contributed by atoms with E-state index in [4.69, 9.17) is 4.74 Å². The maximum absolute atomic E-state index is 13.4. The summed E-state index contributed by atoms with van der Waals surface area (Å²) in [6, 6.07) is 4.09. The Labute approximate surface area is 106 Å². The third kappa shape index (κ3) is 2.82. The molecule has 0 N–H and O–H groups in total. The van der Waals surface area contributed by atoms with Gasteiger partial charge in [-0.05, 0) is 19.1 Å². The van der Waals surface area contributed by atoms with Crippen LogP contribution in [-0.4, -0.2) is 9.91 Å². The molecule has 0 saturated heterocycles. The Balaban J connectivity index is 2.31. The fraction of sp³-hybridized carbons (Fsp3) is 0.0833. The largest absolute Gasteiger partial charge is 0.436 e. The Kier molecular flexibility index (Phi) is 3.37. The summed E-state index contributed by atoms with van der Waals surface area (Å²) in [5, 5.41) is 10.5. The van der Waals surface area contributed by atoms with E-state index < -0.39 is 16.6 Å². The lowest BCUT2D eigenvalue weighted by Gasteiger charge is -2.07. The average Bonchev–Trinajstić information content (AvgIpc) is 2.34. The van der Waals surface area contributed by atoms with Gasteiger partial charge >= 0.3 is 0 Å². The summed E-state index contributed by atoms with van der Waals surface area (Å²) >= 11 is 0. The highest BCUT2D eigenvalue weighted by molar-refractivity contribution is 5.39. The molecule has 0 radical (unpaired) electrons. The molecule has 0 aliphatic heterocycles. The molecule has 0 spiro atoms. The molecule has 0 aliphatic carbocycles. The quantitative estimate of drug-likeness (QED) is 0.631. The zero-order chi connectivity index (χ0) is 14.0. The number of aromatic nitrogens is 1. The molecule has 0 aliphatic rings. The van der Waals surface area contributed by atoms with E-state index in [0.717, 1.165) is 18.3 Å². The van der Waals surface area contributed by atoms with Gasteiger partial charge in [-0.15, -0.1) is 0 Å². The number of hydrogen-bond donors (Lipinski definition) is 0. The molecular weight excluding hydrogens is 258 g/mol. The van der Waals surface area contributed by atoms with E-state index in [1.807, 2.05) is 0 Å². The Hall–Kier alpha value is -2.57. The molecular formula is C12H8F2N2O3. The first-order valence-corrected chi connectivity index (χ1v) is 5.21. The second-order valence-corrected chi connectivity index (χ2v) is 3.75. The topological polar surface area (TPSA) is 65.3 Å². The van der Waals surface area contributed by atoms with Crippen LogP contribution in [0, 0.1) is 28.7 Å². The second kappa shape index (κ2) is 4.97. The zero-order valence-corrected chi connectivity index (χ0v) is 9.76. The van der Waals surface area contributed by atoms with Crippen LogP contribution >= 0.6 is 0 Å². The Morgan fingerprint density at radius 2 is 2.05 bits per heavy atom. The van der Waals surface area contributed by atoms with Crippen molar-refractivity contribution in [2.75, 3.05) is 0 Å². The number of aryl methyl sites for hydroxylation is 1. The summed E-state index contributed by atoms with van der Waals surface area (Å²) in [5.74, 6) is -1.78. The number of halogens is 2. The molecule has 19 heavy (non-hydrogen) atoms. The molecule has 0 bridgehead atoms. The van der Waals surface area contributed by atoms with Crippen molar-refractivity contribution in [3.8, 4) is 11.6 Å². The van der Waals surface area contributed by atoms with Gasteiger partial charge in [-0.2, -0.15) is 0 Å². The minimum Gasteiger partial charge on any atom is -0.436 e. The van der Waals surface area contributed by atoms with Gasteiger partial charge in [0.2, 0.25) is 5.88 Å². The predicted octanol–water partition coefficient (Wildman–Crippen LogP) is 3.37. The third-order valence-corrected chi connectivity index (χ3v) is 2.33. The van der Waals surface area contributed by atoms with Crippen LogP contribution in [0.15, 0.2) is 30.5 Å². The van der Waals surface area contributed by atoms with Gasteiger partial charge in [0.25, 0.3) is 5.69 Å². The van der Waals surface area contributed by atoms with E-state index in [1.54, 1.807) is 0 Å². The Morgan fingerprint density at radius 1 is 1.32 bits per heavy atom. The highest BCUT2D eigenvalue weighted by atomic mass is 19.1. The van der Waals surface area contributed by atoms with Gasteiger partial charge in [-0.25, -0.2) is 13.8 Å². The summed E-state index contributed by atoms with van der Waals surface area (Å²) < 4.78 is 31.2. The molecule has 0 amide bonds. The monoisotopic (exact) mass is 266 g/mol. The SMILES string of the molecule is Cc1cc([N+](=O)[O-])cnc1Oc1ccc(F)cc1F. The molecule has 0 atom stereocenters. The smallest absolute Gasteiger partial charge is 0.288 e. The molecule has 2 rings (SSSR count). The van der Waals surface area contributed by atoms with Crippen molar-refractivity contribution < 1.29 is 18.4 Å². The van der Waals surface area contributed by atoms with Crippen LogP contribution in [0.5, 0.6) is 11.6 Å². The molecule has 2 aromatic rings. The number of nitro groups is 1. The lowest BCUT2D eigenvalue weighted by atomic mass is 10.3. The van der Waals surface area contributed by atoms with Gasteiger partial charge in [0.05, 0.1) is 4.92 Å². The third-order valence-electron chi connectivity index (χ3n) is 2.33. The first kappa shape index (κ1) is 12.9. The molecule has 5 nitrogen and oxygen atoms in total. The van der Waals surface area contributed by atoms with Crippen LogP contribution in [-0.2, 0) is 0 Å². The van der Waals surface area contributed by atoms with Crippen LogP contribution in [0.4, 0.5) is 14.5 Å². The fourth-order valence-corrected chi connectivity index (χ4v) is 1.42. The van der Waals surface area contributed by atoms with Crippen molar-refractivity contribution in [1.82, 2.24) is 4.98 Å². The van der Waals surface area contributed by atoms with Gasteiger partial charge in [-0.3, -0.25) is 10.1 Å². The number of hydrogen-bond acceptors (Lipinski definition) is 4. The minimum atomic E-state index is -0.875. The molecule has 7 heteroatoms. The average molecular weight is 266 g/mol. The molecule has 1 heterocycles. The Morgan fingerprint density at radius 3 is 2.63 bits per heavy atom. The molecule has 1 aromatic heterocycles. The molecule has 98 valence electrons. The van der Waals surface area contributed by atoms with E-state index in [0.29, 0.717) is 11.6 Å². The minimum absolute atomic E-state index is 0.0242. The number of pyridine rings is 1. The van der Waals surface area contributed by atoms with Crippen molar-refractivity contribution in [3.05, 3.63) is 57.8 Å². The number of ether oxygens (including phenoxy) is 1. The molecule has 0 fully saturated rings. The van der Waals surface area contributed by atoms with Gasteiger partial charge in [0.1, 0.15) is 12.0 Å². The Bertz CT molecular complexity index is 647. The second-order valence-electron chi connectivity index (χ2n) is 3.75. The standard InChI is InChI=1S/C12H8F2N2O3/c1-7-4-9(16(17)18)6-15-12(7)19-11-3-2-8(13)5-10(11)14/h2-6H,1H3. The summed E-state index contributed by atoms with van der Waals surface area (Å²) in [5.41, 5.74) is 0.183. The van der Waals surface area contributed by atoms with Gasteiger partial charge < -0.3 is 4.74 Å². The van der Waals surface area contributed by atoms with E-state index in [-0.39, 0.29) is 17.3 Å². The first-order chi connectivity index (χ1) is 8.97. The lowest BCUT2D eigenvalue weighted by molar-refractivity contribution is -0.385. The van der Waals surface area contributed by atoms with Crippen molar-refractivity contribution in [3.63, 3.8) is 0 Å². The number of benzene rings is 1. The zero-order valence-electron chi connectivity index (χ0n) is 9.76. The van der Waals surface area contributed by atoms with Crippen molar-refractivity contribution in [2.45, 2.75) is 6.92 Å². The van der Waals surface area contributed by atoms with E-state index in [2.05, 4.69) is 4.98 Å². The number of nitrogens with zero attached hydrogens (tertiary/aromatic N) is 2. The van der Waals surface area contributed by atoms with Crippen LogP contribution in [0.1, 0.15) is 5.56 Å². The normalized spacial score (nSPS) is 10.3. The molecule has 1 aromatic carbocycles. The highest BCUT2D eigenvalue weighted by Gasteiger charge is 2.13. The highest BCUT2D eigenvalue weighted by Crippen LogP contribution is 2.27. The van der Waals surface area contributed by atoms with Crippen molar-refractivity contribution in [2.24, 2.45) is 0 Å². The lowest BCUT2D eigenvalue weighted by Crippen LogP contribution is -1.96. The molecule has 0 unspecified atom stereocenters. The van der Waals surface area contributed by atoms with E-state index >= 15 is 0 Å². The van der Waals surface area contributed by atoms with Gasteiger partial charge in [0, 0.05) is 17.7 Å². The maximum atomic E-state index is 13.4. The summed E-state index contributed by atoms with van der Waals surface area (Å²) in [7, 11) is 0. The fourth-order valence-electron chi connectivity index (χ4n) is 1.42. The van der Waals surface area contributed by atoms with Gasteiger partial charge in [-0.1, -0.05) is 0 Å². The van der Waals surface area contributed by atoms with Gasteiger partial charge in [0.15, 0.2) is 11.6 Å². The van der Waals surface area contributed by atoms with Crippen LogP contribution in [0.2, 0.25) is 0 Å². The van der Waals surface area contributed by atoms with E-state index in [1.165, 1.54) is 13.0 Å². The van der Waals surface area contributed by atoms with E-state index in [9.17, 15) is 18.9 Å². The summed E-state index contributed by atoms with van der Waals surface area (Å²) in [4.78, 5) is 13.7. The van der Waals surface area contributed by atoms with Crippen molar-refractivity contribution in [1.29, 1.82) is 0 Å². The molecule has 0 saturated carbocycles. The van der Waals surface area contributed by atoms with Crippen LogP contribution in [0.25, 0.3) is 0 Å². The maximum Gasteiger partial charge on any atom is 0.288 e. The summed E-state index contributed by atoms with van der Waals surface area (Å²) in [6.07, 6.45) is 1.00. The van der Waals surface area contributed by atoms with Crippen LogP contribution < -0.4 is 4.74 Å². The van der Waals surface area contributed by atoms with Crippen molar-refractivity contribution >= 4 is 5.69 Å². The first-order valence-electron chi connectivity index (χ1n) is 5.21. The number of rotatable bonds is 3.